The lowest BCUT2D eigenvalue weighted by atomic mass is 9.91. The molecule has 0 saturated heterocycles. The summed E-state index contributed by atoms with van der Waals surface area (Å²) in [5.74, 6) is -0.937. The normalized spacial score (nSPS) is 16.2. The van der Waals surface area contributed by atoms with Crippen LogP contribution in [-0.2, 0) is 16.1 Å². The molecule has 1 aliphatic rings. The molecule has 176 valence electrons. The Morgan fingerprint density at radius 2 is 1.70 bits per heavy atom. The minimum atomic E-state index is -0.602. The minimum Gasteiger partial charge on any atom is -0.503 e. The third kappa shape index (κ3) is 5.13. The van der Waals surface area contributed by atoms with Crippen molar-refractivity contribution in [1.82, 2.24) is 4.90 Å². The van der Waals surface area contributed by atoms with Gasteiger partial charge in [-0.2, -0.15) is 0 Å². The number of hydrogen-bond donors (Lipinski definition) is 1. The van der Waals surface area contributed by atoms with Crippen LogP contribution in [0.4, 0.5) is 5.69 Å². The van der Waals surface area contributed by atoms with E-state index in [4.69, 9.17) is 0 Å². The van der Waals surface area contributed by atoms with Crippen LogP contribution in [0.5, 0.6) is 0 Å². The standard InChI is InChI=1S/C28H36N2O3/c1-7-29(8-2)23-13-11-21(12-14-23)26-25(24(31)15-18(3)4)27(32)28(33)30(26)17-22-16-19(5)9-10-20(22)6/h9-14,16,18,26,32H,7-8,15,17H2,1-6H3. The summed E-state index contributed by atoms with van der Waals surface area (Å²) in [5, 5.41) is 10.8. The first-order chi connectivity index (χ1) is 15.7. The molecular weight excluding hydrogens is 412 g/mol. The summed E-state index contributed by atoms with van der Waals surface area (Å²) in [4.78, 5) is 30.3. The molecule has 0 bridgehead atoms. The molecule has 3 rings (SSSR count). The van der Waals surface area contributed by atoms with Gasteiger partial charge in [-0.1, -0.05) is 49.7 Å². The Labute approximate surface area is 197 Å². The van der Waals surface area contributed by atoms with E-state index in [1.54, 1.807) is 4.90 Å². The highest BCUT2D eigenvalue weighted by atomic mass is 16.3. The van der Waals surface area contributed by atoms with Gasteiger partial charge in [0.1, 0.15) is 0 Å². The van der Waals surface area contributed by atoms with Gasteiger partial charge in [0.25, 0.3) is 5.91 Å². The van der Waals surface area contributed by atoms with E-state index in [0.717, 1.165) is 41.0 Å². The van der Waals surface area contributed by atoms with Crippen LogP contribution in [0, 0.1) is 19.8 Å². The molecule has 0 fully saturated rings. The first-order valence-corrected chi connectivity index (χ1v) is 11.9. The quantitative estimate of drug-likeness (QED) is 0.538. The number of ketones is 1. The first-order valence-electron chi connectivity index (χ1n) is 11.9. The molecule has 5 nitrogen and oxygen atoms in total. The fourth-order valence-corrected chi connectivity index (χ4v) is 4.54. The number of amides is 1. The van der Waals surface area contributed by atoms with Crippen LogP contribution in [0.3, 0.4) is 0 Å². The predicted octanol–water partition coefficient (Wildman–Crippen LogP) is 5.66. The number of rotatable bonds is 9. The van der Waals surface area contributed by atoms with Crippen molar-refractivity contribution >= 4 is 17.4 Å². The van der Waals surface area contributed by atoms with Crippen LogP contribution in [0.1, 0.15) is 62.4 Å². The van der Waals surface area contributed by atoms with Crippen LogP contribution in [0.25, 0.3) is 0 Å². The maximum atomic E-state index is 13.2. The molecule has 5 heteroatoms. The number of nitrogens with zero attached hydrogens (tertiary/aromatic N) is 2. The van der Waals surface area contributed by atoms with Crippen LogP contribution in [-0.4, -0.2) is 34.8 Å². The second-order valence-electron chi connectivity index (χ2n) is 9.31. The molecule has 1 amide bonds. The van der Waals surface area contributed by atoms with E-state index in [2.05, 4.69) is 24.8 Å². The number of carbonyl (C=O) groups is 2. The van der Waals surface area contributed by atoms with Gasteiger partial charge in [-0.15, -0.1) is 0 Å². The second-order valence-corrected chi connectivity index (χ2v) is 9.31. The summed E-state index contributed by atoms with van der Waals surface area (Å²) in [6, 6.07) is 13.6. The Kier molecular flexibility index (Phi) is 7.62. The summed E-state index contributed by atoms with van der Waals surface area (Å²) in [6.07, 6.45) is 0.290. The topological polar surface area (TPSA) is 60.9 Å². The maximum absolute atomic E-state index is 13.2. The van der Waals surface area contributed by atoms with E-state index in [9.17, 15) is 14.7 Å². The molecule has 0 aliphatic carbocycles. The highest BCUT2D eigenvalue weighted by Gasteiger charge is 2.43. The van der Waals surface area contributed by atoms with Crippen LogP contribution < -0.4 is 4.90 Å². The largest absolute Gasteiger partial charge is 0.503 e. The molecule has 1 heterocycles. The summed E-state index contributed by atoms with van der Waals surface area (Å²) in [5.41, 5.74) is 5.34. The van der Waals surface area contributed by atoms with Gasteiger partial charge in [0.05, 0.1) is 11.6 Å². The Bertz CT molecular complexity index is 1050. The predicted molar refractivity (Wildman–Crippen MR) is 133 cm³/mol. The number of aliphatic hydroxyl groups is 1. The SMILES string of the molecule is CCN(CC)c1ccc(C2C(C(=O)CC(C)C)=C(O)C(=O)N2Cc2cc(C)ccc2C)cc1. The fraction of sp³-hybridized carbons (Fsp3) is 0.429. The zero-order valence-corrected chi connectivity index (χ0v) is 20.7. The van der Waals surface area contributed by atoms with Gasteiger partial charge in [-0.05, 0) is 62.4 Å². The smallest absolute Gasteiger partial charge is 0.290 e. The number of anilines is 1. The van der Waals surface area contributed by atoms with E-state index in [-0.39, 0.29) is 23.7 Å². The zero-order valence-electron chi connectivity index (χ0n) is 20.7. The summed E-state index contributed by atoms with van der Waals surface area (Å²) < 4.78 is 0. The first kappa shape index (κ1) is 24.6. The van der Waals surface area contributed by atoms with Gasteiger partial charge < -0.3 is 14.9 Å². The van der Waals surface area contributed by atoms with Crippen LogP contribution in [0.2, 0.25) is 0 Å². The molecule has 1 N–H and O–H groups in total. The fourth-order valence-electron chi connectivity index (χ4n) is 4.54. The third-order valence-corrected chi connectivity index (χ3v) is 6.38. The molecule has 0 aromatic heterocycles. The summed E-state index contributed by atoms with van der Waals surface area (Å²) in [6.45, 7) is 14.3. The minimum absolute atomic E-state index is 0.131. The molecule has 0 radical (unpaired) electrons. The van der Waals surface area contributed by atoms with Gasteiger partial charge in [-0.3, -0.25) is 9.59 Å². The van der Waals surface area contributed by atoms with Crippen LogP contribution in [0.15, 0.2) is 53.8 Å². The highest BCUT2D eigenvalue weighted by molar-refractivity contribution is 6.09. The van der Waals surface area contributed by atoms with E-state index in [1.807, 2.05) is 64.1 Å². The monoisotopic (exact) mass is 448 g/mol. The van der Waals surface area contributed by atoms with Gasteiger partial charge in [0, 0.05) is 31.7 Å². The molecule has 1 aliphatic heterocycles. The van der Waals surface area contributed by atoms with Crippen molar-refractivity contribution in [2.75, 3.05) is 18.0 Å². The number of benzene rings is 2. The molecule has 1 atom stereocenters. The van der Waals surface area contributed by atoms with Crippen molar-refractivity contribution in [3.05, 3.63) is 76.1 Å². The Balaban J connectivity index is 2.06. The zero-order chi connectivity index (χ0) is 24.3. The summed E-state index contributed by atoms with van der Waals surface area (Å²) in [7, 11) is 0. The Hall–Kier alpha value is -3.08. The number of hydrogen-bond acceptors (Lipinski definition) is 4. The van der Waals surface area contributed by atoms with Gasteiger partial charge in [0.2, 0.25) is 0 Å². The second kappa shape index (κ2) is 10.2. The Morgan fingerprint density at radius 1 is 1.06 bits per heavy atom. The molecule has 33 heavy (non-hydrogen) atoms. The number of aliphatic hydroxyl groups excluding tert-OH is 1. The van der Waals surface area contributed by atoms with Crippen molar-refractivity contribution in [3.8, 4) is 0 Å². The van der Waals surface area contributed by atoms with Crippen molar-refractivity contribution in [2.24, 2.45) is 5.92 Å². The molecule has 0 saturated carbocycles. The van der Waals surface area contributed by atoms with Crippen molar-refractivity contribution in [1.29, 1.82) is 0 Å². The van der Waals surface area contributed by atoms with Gasteiger partial charge >= 0.3 is 0 Å². The molecule has 2 aromatic carbocycles. The summed E-state index contributed by atoms with van der Waals surface area (Å²) >= 11 is 0. The van der Waals surface area contributed by atoms with E-state index in [1.165, 1.54) is 0 Å². The van der Waals surface area contributed by atoms with Gasteiger partial charge in [-0.25, -0.2) is 0 Å². The van der Waals surface area contributed by atoms with Crippen molar-refractivity contribution in [2.45, 2.75) is 60.5 Å². The van der Waals surface area contributed by atoms with E-state index >= 15 is 0 Å². The molecular formula is C28H36N2O3. The molecule has 2 aromatic rings. The van der Waals surface area contributed by atoms with E-state index in [0.29, 0.717) is 6.54 Å². The highest BCUT2D eigenvalue weighted by Crippen LogP contribution is 2.40. The van der Waals surface area contributed by atoms with E-state index < -0.39 is 17.7 Å². The number of Topliss-reactive ketones (excluding diaryl/α,β-unsaturated/α-hetero) is 1. The van der Waals surface area contributed by atoms with Crippen molar-refractivity contribution < 1.29 is 14.7 Å². The maximum Gasteiger partial charge on any atom is 0.290 e. The van der Waals surface area contributed by atoms with Gasteiger partial charge in [0.15, 0.2) is 11.5 Å². The number of carbonyl (C=O) groups excluding carboxylic acids is 2. The molecule has 1 unspecified atom stereocenters. The molecule has 0 spiro atoms. The van der Waals surface area contributed by atoms with Crippen molar-refractivity contribution in [3.63, 3.8) is 0 Å². The lowest BCUT2D eigenvalue weighted by molar-refractivity contribution is -0.130. The lowest BCUT2D eigenvalue weighted by Crippen LogP contribution is -2.31. The average molecular weight is 449 g/mol. The number of aryl methyl sites for hydroxylation is 2. The lowest BCUT2D eigenvalue weighted by Gasteiger charge is -2.28. The van der Waals surface area contributed by atoms with Crippen LogP contribution >= 0.6 is 0 Å². The third-order valence-electron chi connectivity index (χ3n) is 6.38. The average Bonchev–Trinajstić information content (AvgIpc) is 3.02. The Morgan fingerprint density at radius 3 is 2.27 bits per heavy atom.